The first-order chi connectivity index (χ1) is 9.63. The molecule has 20 heavy (non-hydrogen) atoms. The minimum atomic E-state index is -0.181. The maximum Gasteiger partial charge on any atom is 0.265 e. The van der Waals surface area contributed by atoms with E-state index in [-0.39, 0.29) is 5.91 Å². The molecule has 0 aliphatic heterocycles. The second-order valence-electron chi connectivity index (χ2n) is 4.09. The molecule has 1 amide bonds. The van der Waals surface area contributed by atoms with Crippen molar-refractivity contribution >= 4 is 61.4 Å². The summed E-state index contributed by atoms with van der Waals surface area (Å²) in [6.45, 7) is 0. The fraction of sp³-hybridized carbons (Fsp3) is 0. The number of rotatable bonds is 2. The predicted octanol–water partition coefficient (Wildman–Crippen LogP) is 4.96. The van der Waals surface area contributed by atoms with Crippen molar-refractivity contribution in [3.63, 3.8) is 0 Å². The summed E-state index contributed by atoms with van der Waals surface area (Å²) in [6.07, 6.45) is 1.71. The van der Waals surface area contributed by atoms with Gasteiger partial charge in [0.05, 0.1) is 20.4 Å². The highest BCUT2D eigenvalue weighted by Crippen LogP contribution is 2.26. The first-order valence-corrected chi connectivity index (χ1v) is 7.73. The van der Waals surface area contributed by atoms with Crippen molar-refractivity contribution in [2.24, 2.45) is 0 Å². The van der Waals surface area contributed by atoms with Gasteiger partial charge in [-0.15, -0.1) is 11.3 Å². The number of carbonyl (C=O) groups excluding carboxylic acids is 1. The molecule has 3 aromatic rings. The number of nitrogens with one attached hydrogen (secondary N) is 1. The summed E-state index contributed by atoms with van der Waals surface area (Å²) in [7, 11) is 0. The van der Waals surface area contributed by atoms with E-state index in [0.717, 1.165) is 15.4 Å². The molecule has 0 saturated carbocycles. The molecule has 0 aliphatic carbocycles. The lowest BCUT2D eigenvalue weighted by Crippen LogP contribution is -2.10. The highest BCUT2D eigenvalue weighted by atomic mass is 79.9. The molecule has 6 heteroatoms. The number of para-hydroxylation sites is 1. The number of carbonyl (C=O) groups is 1. The van der Waals surface area contributed by atoms with E-state index in [9.17, 15) is 4.79 Å². The van der Waals surface area contributed by atoms with Crippen LogP contribution in [0.1, 0.15) is 9.67 Å². The van der Waals surface area contributed by atoms with Gasteiger partial charge in [0, 0.05) is 16.1 Å². The van der Waals surface area contributed by atoms with Gasteiger partial charge < -0.3 is 5.32 Å². The third-order valence-corrected chi connectivity index (χ3v) is 4.39. The van der Waals surface area contributed by atoms with E-state index in [0.29, 0.717) is 14.9 Å². The number of pyridine rings is 1. The molecule has 0 bridgehead atoms. The lowest BCUT2D eigenvalue weighted by Gasteiger charge is -2.07. The number of hydrogen-bond donors (Lipinski definition) is 1. The summed E-state index contributed by atoms with van der Waals surface area (Å²) in [5.74, 6) is -0.181. The van der Waals surface area contributed by atoms with Crippen LogP contribution in [0.2, 0.25) is 4.34 Å². The lowest BCUT2D eigenvalue weighted by molar-refractivity contribution is 0.103. The Morgan fingerprint density at radius 1 is 1.30 bits per heavy atom. The summed E-state index contributed by atoms with van der Waals surface area (Å²) in [6, 6.07) is 11.0. The molecule has 0 fully saturated rings. The Morgan fingerprint density at radius 2 is 2.15 bits per heavy atom. The van der Waals surface area contributed by atoms with E-state index in [2.05, 4.69) is 26.2 Å². The molecule has 100 valence electrons. The van der Waals surface area contributed by atoms with E-state index < -0.39 is 0 Å². The van der Waals surface area contributed by atoms with Gasteiger partial charge in [0.1, 0.15) is 0 Å². The van der Waals surface area contributed by atoms with Crippen LogP contribution in [-0.2, 0) is 0 Å². The number of benzene rings is 1. The number of hydrogen-bond acceptors (Lipinski definition) is 3. The van der Waals surface area contributed by atoms with Gasteiger partial charge >= 0.3 is 0 Å². The Hall–Kier alpha value is -1.43. The number of amides is 1. The summed E-state index contributed by atoms with van der Waals surface area (Å²) < 4.78 is 1.49. The highest BCUT2D eigenvalue weighted by molar-refractivity contribution is 9.10. The van der Waals surface area contributed by atoms with Gasteiger partial charge in [0.2, 0.25) is 0 Å². The van der Waals surface area contributed by atoms with Crippen molar-refractivity contribution in [1.82, 2.24) is 4.98 Å². The topological polar surface area (TPSA) is 42.0 Å². The molecule has 2 aromatic heterocycles. The SMILES string of the molecule is O=C(Nc1cccc2cc(Br)cnc12)c1ccc(Cl)s1. The van der Waals surface area contributed by atoms with Gasteiger partial charge in [-0.05, 0) is 40.2 Å². The van der Waals surface area contributed by atoms with E-state index in [1.54, 1.807) is 18.3 Å². The third kappa shape index (κ3) is 2.70. The number of fused-ring (bicyclic) bond motifs is 1. The zero-order chi connectivity index (χ0) is 14.1. The number of aromatic nitrogens is 1. The minimum absolute atomic E-state index is 0.181. The Bertz CT molecular complexity index is 803. The predicted molar refractivity (Wildman–Crippen MR) is 86.7 cm³/mol. The molecule has 3 rings (SSSR count). The fourth-order valence-electron chi connectivity index (χ4n) is 1.86. The largest absolute Gasteiger partial charge is 0.319 e. The smallest absolute Gasteiger partial charge is 0.265 e. The van der Waals surface area contributed by atoms with E-state index >= 15 is 0 Å². The molecule has 2 heterocycles. The average molecular weight is 368 g/mol. The van der Waals surface area contributed by atoms with Gasteiger partial charge in [-0.25, -0.2) is 0 Å². The normalized spacial score (nSPS) is 10.7. The van der Waals surface area contributed by atoms with Gasteiger partial charge in [-0.3, -0.25) is 9.78 Å². The van der Waals surface area contributed by atoms with Crippen molar-refractivity contribution in [2.45, 2.75) is 0 Å². The van der Waals surface area contributed by atoms with Crippen molar-refractivity contribution in [2.75, 3.05) is 5.32 Å². The van der Waals surface area contributed by atoms with Gasteiger partial charge in [-0.1, -0.05) is 23.7 Å². The zero-order valence-corrected chi connectivity index (χ0v) is 13.2. The fourth-order valence-corrected chi connectivity index (χ4v) is 3.14. The molecule has 1 N–H and O–H groups in total. The Balaban J connectivity index is 1.97. The monoisotopic (exact) mass is 366 g/mol. The van der Waals surface area contributed by atoms with Crippen molar-refractivity contribution in [1.29, 1.82) is 0 Å². The molecular weight excluding hydrogens is 360 g/mol. The molecule has 3 nitrogen and oxygen atoms in total. The van der Waals surface area contributed by atoms with Crippen molar-refractivity contribution in [3.05, 3.63) is 56.3 Å². The molecule has 0 spiro atoms. The number of thiophene rings is 1. The van der Waals surface area contributed by atoms with Crippen LogP contribution in [0.25, 0.3) is 10.9 Å². The molecule has 0 unspecified atom stereocenters. The lowest BCUT2D eigenvalue weighted by atomic mass is 10.2. The van der Waals surface area contributed by atoms with Crippen molar-refractivity contribution < 1.29 is 4.79 Å². The van der Waals surface area contributed by atoms with Crippen molar-refractivity contribution in [3.8, 4) is 0 Å². The maximum atomic E-state index is 12.1. The summed E-state index contributed by atoms with van der Waals surface area (Å²) >= 11 is 10.5. The van der Waals surface area contributed by atoms with E-state index in [4.69, 9.17) is 11.6 Å². The summed E-state index contributed by atoms with van der Waals surface area (Å²) in [5, 5.41) is 3.83. The Kier molecular flexibility index (Phi) is 3.74. The quantitative estimate of drug-likeness (QED) is 0.695. The van der Waals surface area contributed by atoms with Crippen LogP contribution in [0.5, 0.6) is 0 Å². The standard InChI is InChI=1S/C14H8BrClN2OS/c15-9-6-8-2-1-3-10(13(8)17-7-9)18-14(19)11-4-5-12(16)20-11/h1-7H,(H,18,19). The zero-order valence-electron chi connectivity index (χ0n) is 10.1. The number of anilines is 1. The molecule has 0 saturated heterocycles. The Morgan fingerprint density at radius 3 is 2.90 bits per heavy atom. The molecule has 0 aliphatic rings. The molecule has 0 atom stereocenters. The summed E-state index contributed by atoms with van der Waals surface area (Å²) in [5.41, 5.74) is 1.44. The first kappa shape index (κ1) is 13.5. The minimum Gasteiger partial charge on any atom is -0.319 e. The van der Waals surface area contributed by atoms with Crippen LogP contribution >= 0.6 is 38.9 Å². The average Bonchev–Trinajstić information content (AvgIpc) is 2.85. The van der Waals surface area contributed by atoms with Gasteiger partial charge in [-0.2, -0.15) is 0 Å². The van der Waals surface area contributed by atoms with Crippen LogP contribution in [-0.4, -0.2) is 10.9 Å². The first-order valence-electron chi connectivity index (χ1n) is 5.74. The molecule has 1 aromatic carbocycles. The van der Waals surface area contributed by atoms with Crippen LogP contribution in [0.4, 0.5) is 5.69 Å². The van der Waals surface area contributed by atoms with Gasteiger partial charge in [0.15, 0.2) is 0 Å². The second kappa shape index (κ2) is 5.52. The molecular formula is C14H8BrClN2OS. The van der Waals surface area contributed by atoms with Crippen LogP contribution in [0.3, 0.4) is 0 Å². The van der Waals surface area contributed by atoms with Gasteiger partial charge in [0.25, 0.3) is 5.91 Å². The maximum absolute atomic E-state index is 12.1. The molecule has 0 radical (unpaired) electrons. The van der Waals surface area contributed by atoms with Crippen LogP contribution in [0.15, 0.2) is 47.1 Å². The Labute approximate surface area is 132 Å². The second-order valence-corrected chi connectivity index (χ2v) is 6.72. The summed E-state index contributed by atoms with van der Waals surface area (Å²) in [4.78, 5) is 17.1. The highest BCUT2D eigenvalue weighted by Gasteiger charge is 2.11. The van der Waals surface area contributed by atoms with Crippen LogP contribution in [0, 0.1) is 0 Å². The third-order valence-electron chi connectivity index (χ3n) is 2.72. The van der Waals surface area contributed by atoms with E-state index in [1.165, 1.54) is 11.3 Å². The number of halogens is 2. The van der Waals surface area contributed by atoms with Crippen LogP contribution < -0.4 is 5.32 Å². The number of nitrogens with zero attached hydrogens (tertiary/aromatic N) is 1. The van der Waals surface area contributed by atoms with E-state index in [1.807, 2.05) is 24.3 Å².